The predicted molar refractivity (Wildman–Crippen MR) is 107 cm³/mol. The third-order valence-electron chi connectivity index (χ3n) is 4.79. The second-order valence-electron chi connectivity index (χ2n) is 6.64. The first kappa shape index (κ1) is 19.4. The molecule has 1 heterocycles. The van der Waals surface area contributed by atoms with E-state index in [1.807, 2.05) is 18.2 Å². The highest BCUT2D eigenvalue weighted by atomic mass is 35.5. The van der Waals surface area contributed by atoms with Crippen molar-refractivity contribution in [3.8, 4) is 0 Å². The summed E-state index contributed by atoms with van der Waals surface area (Å²) in [6, 6.07) is 17.1. The van der Waals surface area contributed by atoms with E-state index in [1.165, 1.54) is 18.4 Å². The van der Waals surface area contributed by atoms with Crippen molar-refractivity contribution in [2.45, 2.75) is 18.9 Å². The lowest BCUT2D eigenvalue weighted by molar-refractivity contribution is -0.120. The van der Waals surface area contributed by atoms with Crippen LogP contribution in [0.25, 0.3) is 0 Å². The van der Waals surface area contributed by atoms with Crippen molar-refractivity contribution in [3.63, 3.8) is 0 Å². The number of halogens is 1. The molecule has 1 unspecified atom stereocenters. The number of benzene rings is 2. The van der Waals surface area contributed by atoms with Crippen molar-refractivity contribution >= 4 is 23.4 Å². The SMILES string of the molecule is O=C(CNC(=O)c1ccccc1Cl)NCC(c1ccccc1)N1CCCC1. The topological polar surface area (TPSA) is 61.4 Å². The summed E-state index contributed by atoms with van der Waals surface area (Å²) in [5, 5.41) is 5.94. The molecule has 142 valence electrons. The Bertz CT molecular complexity index is 776. The summed E-state index contributed by atoms with van der Waals surface area (Å²) in [4.78, 5) is 26.8. The van der Waals surface area contributed by atoms with E-state index in [0.717, 1.165) is 13.1 Å². The van der Waals surface area contributed by atoms with Gasteiger partial charge in [0.2, 0.25) is 5.91 Å². The Balaban J connectivity index is 1.53. The van der Waals surface area contributed by atoms with E-state index < -0.39 is 0 Å². The smallest absolute Gasteiger partial charge is 0.253 e. The van der Waals surface area contributed by atoms with Gasteiger partial charge in [-0.2, -0.15) is 0 Å². The molecule has 0 spiro atoms. The first-order chi connectivity index (χ1) is 13.1. The van der Waals surface area contributed by atoms with Crippen molar-refractivity contribution < 1.29 is 9.59 Å². The van der Waals surface area contributed by atoms with E-state index >= 15 is 0 Å². The van der Waals surface area contributed by atoms with Crippen LogP contribution in [0.2, 0.25) is 5.02 Å². The molecular weight excluding hydrogens is 362 g/mol. The molecule has 0 saturated carbocycles. The van der Waals surface area contributed by atoms with Crippen LogP contribution in [0.15, 0.2) is 54.6 Å². The van der Waals surface area contributed by atoms with E-state index in [4.69, 9.17) is 11.6 Å². The lowest BCUT2D eigenvalue weighted by Crippen LogP contribution is -2.41. The average molecular weight is 386 g/mol. The van der Waals surface area contributed by atoms with Crippen molar-refractivity contribution in [1.82, 2.24) is 15.5 Å². The monoisotopic (exact) mass is 385 g/mol. The minimum atomic E-state index is -0.352. The molecule has 0 radical (unpaired) electrons. The number of hydrogen-bond donors (Lipinski definition) is 2. The molecule has 1 atom stereocenters. The second kappa shape index (κ2) is 9.53. The molecule has 6 heteroatoms. The molecule has 2 N–H and O–H groups in total. The van der Waals surface area contributed by atoms with Crippen LogP contribution in [0, 0.1) is 0 Å². The third kappa shape index (κ3) is 5.31. The lowest BCUT2D eigenvalue weighted by Gasteiger charge is -2.28. The largest absolute Gasteiger partial charge is 0.353 e. The van der Waals surface area contributed by atoms with Crippen LogP contribution in [0.5, 0.6) is 0 Å². The minimum absolute atomic E-state index is 0.0778. The van der Waals surface area contributed by atoms with Gasteiger partial charge in [-0.05, 0) is 43.6 Å². The fraction of sp³-hybridized carbons (Fsp3) is 0.333. The summed E-state index contributed by atoms with van der Waals surface area (Å²) in [7, 11) is 0. The fourth-order valence-electron chi connectivity index (χ4n) is 3.36. The molecule has 0 aliphatic carbocycles. The number of carbonyl (C=O) groups is 2. The molecule has 0 aromatic heterocycles. The number of likely N-dealkylation sites (tertiary alicyclic amines) is 1. The Morgan fingerprint density at radius 2 is 1.63 bits per heavy atom. The van der Waals surface area contributed by atoms with Crippen molar-refractivity contribution in [1.29, 1.82) is 0 Å². The highest BCUT2D eigenvalue weighted by Gasteiger charge is 2.23. The average Bonchev–Trinajstić information content (AvgIpc) is 3.22. The summed E-state index contributed by atoms with van der Waals surface area (Å²) >= 11 is 6.01. The van der Waals surface area contributed by atoms with E-state index in [2.05, 4.69) is 27.7 Å². The summed E-state index contributed by atoms with van der Waals surface area (Å²) in [5.74, 6) is -0.564. The Kier molecular flexibility index (Phi) is 6.85. The molecule has 0 bridgehead atoms. The van der Waals surface area contributed by atoms with E-state index in [0.29, 0.717) is 17.1 Å². The van der Waals surface area contributed by atoms with Gasteiger partial charge in [-0.15, -0.1) is 0 Å². The highest BCUT2D eigenvalue weighted by Crippen LogP contribution is 2.24. The van der Waals surface area contributed by atoms with Crippen molar-refractivity contribution in [2.24, 2.45) is 0 Å². The zero-order chi connectivity index (χ0) is 19.1. The molecule has 1 aliphatic rings. The summed E-state index contributed by atoms with van der Waals surface area (Å²) in [6.45, 7) is 2.52. The fourth-order valence-corrected chi connectivity index (χ4v) is 3.58. The van der Waals surface area contributed by atoms with Gasteiger partial charge in [0, 0.05) is 6.54 Å². The number of hydrogen-bond acceptors (Lipinski definition) is 3. The summed E-state index contributed by atoms with van der Waals surface area (Å²) in [6.07, 6.45) is 2.37. The van der Waals surface area contributed by atoms with Crippen LogP contribution < -0.4 is 10.6 Å². The van der Waals surface area contributed by atoms with Gasteiger partial charge in [0.1, 0.15) is 0 Å². The Labute approximate surface area is 164 Å². The molecule has 2 aromatic rings. The van der Waals surface area contributed by atoms with Crippen molar-refractivity contribution in [2.75, 3.05) is 26.2 Å². The van der Waals surface area contributed by atoms with Gasteiger partial charge in [-0.3, -0.25) is 14.5 Å². The quantitative estimate of drug-likeness (QED) is 0.770. The van der Waals surface area contributed by atoms with E-state index in [1.54, 1.807) is 24.3 Å². The van der Waals surface area contributed by atoms with Gasteiger partial charge in [0.25, 0.3) is 5.91 Å². The van der Waals surface area contributed by atoms with E-state index in [-0.39, 0.29) is 24.4 Å². The van der Waals surface area contributed by atoms with Crippen LogP contribution in [0.1, 0.15) is 34.8 Å². The Hall–Kier alpha value is -2.37. The van der Waals surface area contributed by atoms with Gasteiger partial charge in [-0.25, -0.2) is 0 Å². The number of nitrogens with one attached hydrogen (secondary N) is 2. The van der Waals surface area contributed by atoms with Gasteiger partial charge in [0.05, 0.1) is 23.2 Å². The summed E-state index contributed by atoms with van der Waals surface area (Å²) in [5.41, 5.74) is 1.56. The molecule has 2 aromatic carbocycles. The van der Waals surface area contributed by atoms with Gasteiger partial charge in [0.15, 0.2) is 0 Å². The molecule has 3 rings (SSSR count). The Morgan fingerprint density at radius 3 is 2.33 bits per heavy atom. The third-order valence-corrected chi connectivity index (χ3v) is 5.12. The molecule has 1 fully saturated rings. The van der Waals surface area contributed by atoms with Crippen LogP contribution in [0.4, 0.5) is 0 Å². The zero-order valence-electron chi connectivity index (χ0n) is 15.2. The maximum absolute atomic E-state index is 12.2. The molecule has 5 nitrogen and oxygen atoms in total. The normalized spacial score (nSPS) is 15.3. The van der Waals surface area contributed by atoms with Crippen LogP contribution >= 0.6 is 11.6 Å². The molecule has 1 aliphatic heterocycles. The number of amides is 2. The van der Waals surface area contributed by atoms with Crippen molar-refractivity contribution in [3.05, 3.63) is 70.7 Å². The predicted octanol–water partition coefficient (Wildman–Crippen LogP) is 3.02. The maximum Gasteiger partial charge on any atom is 0.253 e. The second-order valence-corrected chi connectivity index (χ2v) is 7.04. The molecule has 27 heavy (non-hydrogen) atoms. The standard InChI is InChI=1S/C21H24ClN3O2/c22-18-11-5-4-10-17(18)21(27)24-15-20(26)23-14-19(25-12-6-7-13-25)16-8-2-1-3-9-16/h1-5,8-11,19H,6-7,12-15H2,(H,23,26)(H,24,27). The molecule has 2 amide bonds. The van der Waals surface area contributed by atoms with Crippen LogP contribution in [0.3, 0.4) is 0 Å². The lowest BCUT2D eigenvalue weighted by atomic mass is 10.1. The Morgan fingerprint density at radius 1 is 0.963 bits per heavy atom. The summed E-state index contributed by atoms with van der Waals surface area (Å²) < 4.78 is 0. The van der Waals surface area contributed by atoms with Gasteiger partial charge < -0.3 is 10.6 Å². The van der Waals surface area contributed by atoms with Crippen LogP contribution in [-0.4, -0.2) is 42.9 Å². The van der Waals surface area contributed by atoms with Gasteiger partial charge in [-0.1, -0.05) is 54.1 Å². The first-order valence-electron chi connectivity index (χ1n) is 9.23. The van der Waals surface area contributed by atoms with E-state index in [9.17, 15) is 9.59 Å². The van der Waals surface area contributed by atoms with Crippen LogP contribution in [-0.2, 0) is 4.79 Å². The number of nitrogens with zero attached hydrogens (tertiary/aromatic N) is 1. The molecule has 1 saturated heterocycles. The molecular formula is C21H24ClN3O2. The highest BCUT2D eigenvalue weighted by molar-refractivity contribution is 6.33. The van der Waals surface area contributed by atoms with Gasteiger partial charge >= 0.3 is 0 Å². The first-order valence-corrected chi connectivity index (χ1v) is 9.61. The number of carbonyl (C=O) groups excluding carboxylic acids is 2. The number of rotatable bonds is 7. The maximum atomic E-state index is 12.2. The minimum Gasteiger partial charge on any atom is -0.353 e. The zero-order valence-corrected chi connectivity index (χ0v) is 15.9.